The SMILES string of the molecule is CCS(=O)(=O)c1cc(CN)cc(C(F)(F)F)c1. The fourth-order valence-electron chi connectivity index (χ4n) is 1.29. The molecule has 0 bridgehead atoms. The van der Waals surface area contributed by atoms with E-state index in [0.29, 0.717) is 6.07 Å². The van der Waals surface area contributed by atoms with Crippen LogP contribution in [0.15, 0.2) is 23.1 Å². The smallest absolute Gasteiger partial charge is 0.326 e. The number of benzene rings is 1. The predicted octanol–water partition coefficient (Wildman–Crippen LogP) is 1.96. The molecule has 2 N–H and O–H groups in total. The van der Waals surface area contributed by atoms with Crippen LogP contribution < -0.4 is 5.73 Å². The van der Waals surface area contributed by atoms with Crippen LogP contribution in [0.2, 0.25) is 0 Å². The minimum Gasteiger partial charge on any atom is -0.326 e. The van der Waals surface area contributed by atoms with Crippen molar-refractivity contribution >= 4 is 9.84 Å². The number of alkyl halides is 3. The van der Waals surface area contributed by atoms with Crippen LogP contribution in [0.3, 0.4) is 0 Å². The second-order valence-electron chi connectivity index (χ2n) is 3.47. The van der Waals surface area contributed by atoms with Gasteiger partial charge in [0, 0.05) is 6.54 Å². The summed E-state index contributed by atoms with van der Waals surface area (Å²) in [6.07, 6.45) is -4.58. The van der Waals surface area contributed by atoms with E-state index in [1.54, 1.807) is 0 Å². The molecule has 0 atom stereocenters. The zero-order chi connectivity index (χ0) is 13.3. The van der Waals surface area contributed by atoms with E-state index >= 15 is 0 Å². The van der Waals surface area contributed by atoms with Gasteiger partial charge in [-0.1, -0.05) is 6.92 Å². The first-order chi connectivity index (χ1) is 7.70. The lowest BCUT2D eigenvalue weighted by atomic mass is 10.1. The number of hydrogen-bond donors (Lipinski definition) is 1. The first-order valence-corrected chi connectivity index (χ1v) is 6.50. The summed E-state index contributed by atoms with van der Waals surface area (Å²) in [5.74, 6) is -0.252. The van der Waals surface area contributed by atoms with Gasteiger partial charge in [0.15, 0.2) is 9.84 Å². The van der Waals surface area contributed by atoms with Crippen molar-refractivity contribution in [3.63, 3.8) is 0 Å². The Labute approximate surface area is 97.4 Å². The summed E-state index contributed by atoms with van der Waals surface area (Å²) in [6.45, 7) is 1.23. The molecule has 0 fully saturated rings. The van der Waals surface area contributed by atoms with Crippen molar-refractivity contribution in [2.24, 2.45) is 5.73 Å². The summed E-state index contributed by atoms with van der Waals surface area (Å²) in [5, 5.41) is 0. The van der Waals surface area contributed by atoms with Gasteiger partial charge in [-0.15, -0.1) is 0 Å². The molecule has 1 aromatic rings. The number of halogens is 3. The zero-order valence-electron chi connectivity index (χ0n) is 9.08. The molecule has 0 aliphatic rings. The van der Waals surface area contributed by atoms with Gasteiger partial charge in [0.2, 0.25) is 0 Å². The molecule has 0 spiro atoms. The van der Waals surface area contributed by atoms with Gasteiger partial charge in [0.1, 0.15) is 0 Å². The van der Waals surface area contributed by atoms with Crippen molar-refractivity contribution in [3.05, 3.63) is 29.3 Å². The molecule has 0 saturated carbocycles. The molecular weight excluding hydrogens is 255 g/mol. The van der Waals surface area contributed by atoms with Crippen LogP contribution >= 0.6 is 0 Å². The second-order valence-corrected chi connectivity index (χ2v) is 5.75. The van der Waals surface area contributed by atoms with Crippen LogP contribution in [0.5, 0.6) is 0 Å². The van der Waals surface area contributed by atoms with E-state index < -0.39 is 21.6 Å². The van der Waals surface area contributed by atoms with Crippen molar-refractivity contribution in [3.8, 4) is 0 Å². The maximum absolute atomic E-state index is 12.5. The van der Waals surface area contributed by atoms with Gasteiger partial charge in [-0.3, -0.25) is 0 Å². The minimum absolute atomic E-state index is 0.143. The van der Waals surface area contributed by atoms with Crippen LogP contribution in [-0.2, 0) is 22.6 Å². The lowest BCUT2D eigenvalue weighted by Crippen LogP contribution is -2.11. The molecule has 0 aliphatic carbocycles. The fourth-order valence-corrected chi connectivity index (χ4v) is 2.26. The van der Waals surface area contributed by atoms with Crippen LogP contribution in [0.25, 0.3) is 0 Å². The molecule has 0 saturated heterocycles. The van der Waals surface area contributed by atoms with Crippen LogP contribution in [0, 0.1) is 0 Å². The predicted molar refractivity (Wildman–Crippen MR) is 57.1 cm³/mol. The Bertz CT molecular complexity index is 509. The molecule has 1 aromatic carbocycles. The van der Waals surface area contributed by atoms with E-state index in [1.807, 2.05) is 0 Å². The van der Waals surface area contributed by atoms with E-state index in [2.05, 4.69) is 0 Å². The van der Waals surface area contributed by atoms with Gasteiger partial charge in [-0.2, -0.15) is 13.2 Å². The van der Waals surface area contributed by atoms with Gasteiger partial charge >= 0.3 is 6.18 Å². The van der Waals surface area contributed by atoms with Gasteiger partial charge in [-0.25, -0.2) is 8.42 Å². The van der Waals surface area contributed by atoms with Gasteiger partial charge in [-0.05, 0) is 23.8 Å². The highest BCUT2D eigenvalue weighted by Crippen LogP contribution is 2.31. The van der Waals surface area contributed by atoms with Crippen molar-refractivity contribution in [1.82, 2.24) is 0 Å². The van der Waals surface area contributed by atoms with E-state index in [0.717, 1.165) is 6.07 Å². The highest BCUT2D eigenvalue weighted by Gasteiger charge is 2.32. The van der Waals surface area contributed by atoms with Crippen molar-refractivity contribution < 1.29 is 21.6 Å². The Morgan fingerprint density at radius 1 is 1.24 bits per heavy atom. The Kier molecular flexibility index (Phi) is 3.83. The summed E-state index contributed by atoms with van der Waals surface area (Å²) in [4.78, 5) is -0.338. The molecule has 0 aliphatic heterocycles. The highest BCUT2D eigenvalue weighted by molar-refractivity contribution is 7.91. The summed E-state index contributed by atoms with van der Waals surface area (Å²) in [5.41, 5.74) is 4.41. The van der Waals surface area contributed by atoms with Gasteiger partial charge in [0.05, 0.1) is 16.2 Å². The van der Waals surface area contributed by atoms with E-state index in [-0.39, 0.29) is 22.8 Å². The first kappa shape index (κ1) is 14.0. The third kappa shape index (κ3) is 3.19. The third-order valence-corrected chi connectivity index (χ3v) is 3.98. The molecule has 0 unspecified atom stereocenters. The first-order valence-electron chi connectivity index (χ1n) is 4.84. The minimum atomic E-state index is -4.58. The standard InChI is InChI=1S/C10H12F3NO2S/c1-2-17(15,16)9-4-7(6-14)3-8(5-9)10(11,12)13/h3-5H,2,6,14H2,1H3. The molecule has 3 nitrogen and oxygen atoms in total. The molecule has 96 valence electrons. The lowest BCUT2D eigenvalue weighted by Gasteiger charge is -2.11. The van der Waals surface area contributed by atoms with E-state index in [4.69, 9.17) is 5.73 Å². The topological polar surface area (TPSA) is 60.2 Å². The average molecular weight is 267 g/mol. The number of hydrogen-bond acceptors (Lipinski definition) is 3. The summed E-state index contributed by atoms with van der Waals surface area (Å²) in [7, 11) is -3.67. The molecular formula is C10H12F3NO2S. The molecule has 1 rings (SSSR count). The van der Waals surface area contributed by atoms with E-state index in [9.17, 15) is 21.6 Å². The molecule has 0 aromatic heterocycles. The van der Waals surface area contributed by atoms with Crippen LogP contribution in [0.4, 0.5) is 13.2 Å². The largest absolute Gasteiger partial charge is 0.416 e. The van der Waals surface area contributed by atoms with Gasteiger partial charge in [0.25, 0.3) is 0 Å². The normalized spacial score (nSPS) is 12.8. The monoisotopic (exact) mass is 267 g/mol. The number of rotatable bonds is 3. The van der Waals surface area contributed by atoms with Crippen molar-refractivity contribution in [2.75, 3.05) is 5.75 Å². The third-order valence-electron chi connectivity index (χ3n) is 2.27. The maximum atomic E-state index is 12.5. The molecule has 0 heterocycles. The zero-order valence-corrected chi connectivity index (χ0v) is 9.90. The van der Waals surface area contributed by atoms with Gasteiger partial charge < -0.3 is 5.73 Å². The lowest BCUT2D eigenvalue weighted by molar-refractivity contribution is -0.137. The highest BCUT2D eigenvalue weighted by atomic mass is 32.2. The molecule has 7 heteroatoms. The second kappa shape index (κ2) is 4.66. The van der Waals surface area contributed by atoms with Crippen LogP contribution in [-0.4, -0.2) is 14.2 Å². The van der Waals surface area contributed by atoms with E-state index in [1.165, 1.54) is 13.0 Å². The number of nitrogens with two attached hydrogens (primary N) is 1. The molecule has 0 amide bonds. The quantitative estimate of drug-likeness (QED) is 0.910. The Morgan fingerprint density at radius 3 is 2.24 bits per heavy atom. The molecule has 17 heavy (non-hydrogen) atoms. The fraction of sp³-hybridized carbons (Fsp3) is 0.400. The maximum Gasteiger partial charge on any atom is 0.416 e. The summed E-state index contributed by atoms with van der Waals surface area (Å²) < 4.78 is 60.7. The van der Waals surface area contributed by atoms with Crippen molar-refractivity contribution in [2.45, 2.75) is 24.5 Å². The van der Waals surface area contributed by atoms with Crippen molar-refractivity contribution in [1.29, 1.82) is 0 Å². The Balaban J connectivity index is 3.44. The Morgan fingerprint density at radius 2 is 1.82 bits per heavy atom. The number of sulfone groups is 1. The Hall–Kier alpha value is -1.08. The summed E-state index contributed by atoms with van der Waals surface area (Å²) in [6, 6.07) is 2.67. The van der Waals surface area contributed by atoms with Crippen LogP contribution in [0.1, 0.15) is 18.1 Å². The average Bonchev–Trinajstić information content (AvgIpc) is 2.27. The molecule has 0 radical (unpaired) electrons. The summed E-state index contributed by atoms with van der Waals surface area (Å²) >= 11 is 0.